The Balaban J connectivity index is 2.23. The number of nitrogens with one attached hydrogen (secondary N) is 3. The van der Waals surface area contributed by atoms with Crippen molar-refractivity contribution in [2.75, 3.05) is 17.2 Å². The lowest BCUT2D eigenvalue weighted by Crippen LogP contribution is -2.12. The molecule has 1 heterocycles. The molecule has 0 aliphatic rings. The Morgan fingerprint density at radius 1 is 1.48 bits per heavy atom. The van der Waals surface area contributed by atoms with Gasteiger partial charge in [0, 0.05) is 24.4 Å². The monoisotopic (exact) mass is 289 g/mol. The molecule has 0 spiro atoms. The summed E-state index contributed by atoms with van der Waals surface area (Å²) >= 11 is 0. The van der Waals surface area contributed by atoms with Crippen molar-refractivity contribution in [3.8, 4) is 0 Å². The number of carbonyl (C=O) groups is 1. The van der Waals surface area contributed by atoms with Crippen LogP contribution < -0.4 is 10.6 Å². The SMILES string of the molecule is CCCNc1cc(C(=O)Nc2cn[nH]c2)ccc1[N+](=O)[O-]. The van der Waals surface area contributed by atoms with Gasteiger partial charge < -0.3 is 10.6 Å². The number of carbonyl (C=O) groups excluding carboxylic acids is 1. The van der Waals surface area contributed by atoms with E-state index in [-0.39, 0.29) is 11.6 Å². The summed E-state index contributed by atoms with van der Waals surface area (Å²) in [6, 6.07) is 4.22. The van der Waals surface area contributed by atoms with Crippen molar-refractivity contribution in [1.29, 1.82) is 0 Å². The number of hydrogen-bond donors (Lipinski definition) is 3. The van der Waals surface area contributed by atoms with Crippen LogP contribution in [0.4, 0.5) is 17.1 Å². The Bertz CT molecular complexity index is 639. The molecule has 1 aromatic heterocycles. The molecule has 2 aromatic rings. The Hall–Kier alpha value is -2.90. The normalized spacial score (nSPS) is 10.1. The van der Waals surface area contributed by atoms with Crippen molar-refractivity contribution in [3.05, 3.63) is 46.3 Å². The van der Waals surface area contributed by atoms with Crippen LogP contribution in [0.25, 0.3) is 0 Å². The molecule has 0 fully saturated rings. The van der Waals surface area contributed by atoms with E-state index in [2.05, 4.69) is 20.8 Å². The number of rotatable bonds is 6. The lowest BCUT2D eigenvalue weighted by molar-refractivity contribution is -0.384. The Kier molecular flexibility index (Phi) is 4.50. The number of nitrogens with zero attached hydrogens (tertiary/aromatic N) is 2. The molecule has 8 nitrogen and oxygen atoms in total. The molecule has 0 unspecified atom stereocenters. The number of aromatic nitrogens is 2. The maximum absolute atomic E-state index is 12.1. The molecular formula is C13H15N5O3. The highest BCUT2D eigenvalue weighted by Gasteiger charge is 2.16. The molecule has 0 bridgehead atoms. The first kappa shape index (κ1) is 14.5. The van der Waals surface area contributed by atoms with Gasteiger partial charge in [-0.1, -0.05) is 6.92 Å². The fourth-order valence-electron chi connectivity index (χ4n) is 1.76. The second-order valence-electron chi connectivity index (χ2n) is 4.36. The molecule has 2 rings (SSSR count). The van der Waals surface area contributed by atoms with E-state index < -0.39 is 4.92 Å². The number of amides is 1. The molecule has 0 saturated heterocycles. The summed E-state index contributed by atoms with van der Waals surface area (Å²) in [6.07, 6.45) is 3.83. The molecule has 0 radical (unpaired) electrons. The van der Waals surface area contributed by atoms with Crippen molar-refractivity contribution in [2.45, 2.75) is 13.3 Å². The molecule has 21 heavy (non-hydrogen) atoms. The van der Waals surface area contributed by atoms with E-state index in [1.54, 1.807) is 6.20 Å². The van der Waals surface area contributed by atoms with E-state index >= 15 is 0 Å². The quantitative estimate of drug-likeness (QED) is 0.558. The smallest absolute Gasteiger partial charge is 0.292 e. The minimum atomic E-state index is -0.476. The van der Waals surface area contributed by atoms with E-state index in [1.807, 2.05) is 6.92 Å². The zero-order valence-corrected chi connectivity index (χ0v) is 11.4. The van der Waals surface area contributed by atoms with Gasteiger partial charge >= 0.3 is 0 Å². The summed E-state index contributed by atoms with van der Waals surface area (Å²) in [7, 11) is 0. The standard InChI is InChI=1S/C13H15N5O3/c1-2-5-14-11-6-9(3-4-12(11)18(20)21)13(19)17-10-7-15-16-8-10/h3-4,6-8,14H,2,5H2,1H3,(H,15,16)(H,17,19). The van der Waals surface area contributed by atoms with Crippen LogP contribution in [-0.4, -0.2) is 27.6 Å². The Morgan fingerprint density at radius 2 is 2.29 bits per heavy atom. The van der Waals surface area contributed by atoms with Gasteiger partial charge in [0.25, 0.3) is 11.6 Å². The number of nitro benzene ring substituents is 1. The molecule has 8 heteroatoms. The van der Waals surface area contributed by atoms with Gasteiger partial charge in [-0.2, -0.15) is 5.10 Å². The van der Waals surface area contributed by atoms with Crippen LogP contribution in [0.3, 0.4) is 0 Å². The average Bonchev–Trinajstić information content (AvgIpc) is 2.97. The fraction of sp³-hybridized carbons (Fsp3) is 0.231. The third kappa shape index (κ3) is 3.56. The van der Waals surface area contributed by atoms with Crippen molar-refractivity contribution >= 4 is 23.0 Å². The summed E-state index contributed by atoms with van der Waals surface area (Å²) in [5, 5.41) is 22.9. The van der Waals surface area contributed by atoms with Crippen LogP contribution in [0.5, 0.6) is 0 Å². The van der Waals surface area contributed by atoms with Crippen LogP contribution >= 0.6 is 0 Å². The van der Waals surface area contributed by atoms with E-state index in [4.69, 9.17) is 0 Å². The molecule has 0 atom stereocenters. The van der Waals surface area contributed by atoms with Gasteiger partial charge in [0.15, 0.2) is 0 Å². The van der Waals surface area contributed by atoms with Gasteiger partial charge in [-0.05, 0) is 18.6 Å². The second-order valence-corrected chi connectivity index (χ2v) is 4.36. The highest BCUT2D eigenvalue weighted by atomic mass is 16.6. The maximum Gasteiger partial charge on any atom is 0.292 e. The van der Waals surface area contributed by atoms with E-state index in [9.17, 15) is 14.9 Å². The summed E-state index contributed by atoms with van der Waals surface area (Å²) in [5.41, 5.74) is 1.15. The highest BCUT2D eigenvalue weighted by Crippen LogP contribution is 2.25. The third-order valence-corrected chi connectivity index (χ3v) is 2.78. The fourth-order valence-corrected chi connectivity index (χ4v) is 1.76. The van der Waals surface area contributed by atoms with Crippen molar-refractivity contribution in [3.63, 3.8) is 0 Å². The van der Waals surface area contributed by atoms with Gasteiger partial charge in [-0.3, -0.25) is 20.0 Å². The molecule has 3 N–H and O–H groups in total. The molecule has 0 aliphatic carbocycles. The molecular weight excluding hydrogens is 274 g/mol. The predicted molar refractivity (Wildman–Crippen MR) is 78.4 cm³/mol. The van der Waals surface area contributed by atoms with Crippen molar-refractivity contribution in [1.82, 2.24) is 10.2 Å². The van der Waals surface area contributed by atoms with Gasteiger partial charge in [0.05, 0.1) is 16.8 Å². The summed E-state index contributed by atoms with van der Waals surface area (Å²) < 4.78 is 0. The van der Waals surface area contributed by atoms with Gasteiger partial charge in [-0.25, -0.2) is 0 Å². The van der Waals surface area contributed by atoms with E-state index in [0.717, 1.165) is 6.42 Å². The van der Waals surface area contributed by atoms with Gasteiger partial charge in [0.1, 0.15) is 5.69 Å². The first-order valence-corrected chi connectivity index (χ1v) is 6.44. The lowest BCUT2D eigenvalue weighted by atomic mass is 10.1. The molecule has 0 saturated carbocycles. The topological polar surface area (TPSA) is 113 Å². The minimum absolute atomic E-state index is 0.0525. The third-order valence-electron chi connectivity index (χ3n) is 2.78. The summed E-state index contributed by atoms with van der Waals surface area (Å²) in [5.74, 6) is -0.356. The number of hydrogen-bond acceptors (Lipinski definition) is 5. The lowest BCUT2D eigenvalue weighted by Gasteiger charge is -2.08. The first-order valence-electron chi connectivity index (χ1n) is 6.44. The van der Waals surface area contributed by atoms with Crippen molar-refractivity contribution < 1.29 is 9.72 Å². The molecule has 1 amide bonds. The Morgan fingerprint density at radius 3 is 2.90 bits per heavy atom. The van der Waals surface area contributed by atoms with Crippen molar-refractivity contribution in [2.24, 2.45) is 0 Å². The number of anilines is 2. The first-order chi connectivity index (χ1) is 10.1. The molecule has 1 aromatic carbocycles. The predicted octanol–water partition coefficient (Wildman–Crippen LogP) is 2.39. The zero-order chi connectivity index (χ0) is 15.2. The minimum Gasteiger partial charge on any atom is -0.379 e. The summed E-state index contributed by atoms with van der Waals surface area (Å²) in [6.45, 7) is 2.54. The Labute approximate surface area is 120 Å². The van der Waals surface area contributed by atoms with Crippen LogP contribution in [0, 0.1) is 10.1 Å². The molecule has 0 aliphatic heterocycles. The van der Waals surface area contributed by atoms with Crippen LogP contribution in [0.15, 0.2) is 30.6 Å². The number of benzene rings is 1. The van der Waals surface area contributed by atoms with Crippen LogP contribution in [-0.2, 0) is 0 Å². The summed E-state index contributed by atoms with van der Waals surface area (Å²) in [4.78, 5) is 22.6. The average molecular weight is 289 g/mol. The zero-order valence-electron chi connectivity index (χ0n) is 11.4. The van der Waals surface area contributed by atoms with Crippen LogP contribution in [0.1, 0.15) is 23.7 Å². The highest BCUT2D eigenvalue weighted by molar-refractivity contribution is 6.05. The number of aromatic amines is 1. The number of nitro groups is 1. The van der Waals surface area contributed by atoms with Gasteiger partial charge in [0.2, 0.25) is 0 Å². The molecule has 110 valence electrons. The van der Waals surface area contributed by atoms with Gasteiger partial charge in [-0.15, -0.1) is 0 Å². The maximum atomic E-state index is 12.1. The second kappa shape index (κ2) is 6.51. The van der Waals surface area contributed by atoms with E-state index in [1.165, 1.54) is 24.4 Å². The number of H-pyrrole nitrogens is 1. The van der Waals surface area contributed by atoms with E-state index in [0.29, 0.717) is 23.5 Å². The largest absolute Gasteiger partial charge is 0.379 e. The van der Waals surface area contributed by atoms with Crippen LogP contribution in [0.2, 0.25) is 0 Å².